The van der Waals surface area contributed by atoms with E-state index in [-0.39, 0.29) is 0 Å². The van der Waals surface area contributed by atoms with Gasteiger partial charge in [0.15, 0.2) is 0 Å². The van der Waals surface area contributed by atoms with Gasteiger partial charge in [-0.3, -0.25) is 4.98 Å². The first-order chi connectivity index (χ1) is 6.58. The van der Waals surface area contributed by atoms with Crippen LogP contribution < -0.4 is 0 Å². The average molecular weight is 191 g/mol. The highest BCUT2D eigenvalue weighted by molar-refractivity contribution is 5.16. The van der Waals surface area contributed by atoms with Crippen molar-refractivity contribution >= 4 is 0 Å². The molecule has 0 aliphatic rings. The summed E-state index contributed by atoms with van der Waals surface area (Å²) < 4.78 is 0. The van der Waals surface area contributed by atoms with Gasteiger partial charge in [-0.25, -0.2) is 0 Å². The van der Waals surface area contributed by atoms with Gasteiger partial charge in [0.2, 0.25) is 0 Å². The van der Waals surface area contributed by atoms with Crippen LogP contribution >= 0.6 is 0 Å². The molecule has 1 rings (SSSR count). The molecule has 1 unspecified atom stereocenters. The Morgan fingerprint density at radius 2 is 2.14 bits per heavy atom. The fraction of sp³-hybridized carbons (Fsp3) is 0.615. The van der Waals surface area contributed by atoms with E-state index in [0.717, 1.165) is 0 Å². The molecule has 1 aromatic rings. The average Bonchev–Trinajstić information content (AvgIpc) is 2.18. The van der Waals surface area contributed by atoms with Crippen LogP contribution in [0, 0.1) is 5.41 Å². The highest BCUT2D eigenvalue weighted by Crippen LogP contribution is 2.38. The maximum Gasteiger partial charge on any atom is 0.0302 e. The number of pyridine rings is 1. The summed E-state index contributed by atoms with van der Waals surface area (Å²) in [6.45, 7) is 9.23. The summed E-state index contributed by atoms with van der Waals surface area (Å²) in [5, 5.41) is 0. The zero-order valence-corrected chi connectivity index (χ0v) is 9.75. The minimum absolute atomic E-state index is 0.373. The molecule has 0 saturated heterocycles. The standard InChI is InChI=1S/C13H21N/c1-5-8-13(3,4)11(2)12-7-6-9-14-10-12/h6-7,9-11H,5,8H2,1-4H3. The molecule has 0 aromatic carbocycles. The van der Waals surface area contributed by atoms with Crippen molar-refractivity contribution < 1.29 is 0 Å². The summed E-state index contributed by atoms with van der Waals surface area (Å²) in [5.41, 5.74) is 1.73. The van der Waals surface area contributed by atoms with Gasteiger partial charge in [-0.1, -0.05) is 40.2 Å². The Morgan fingerprint density at radius 1 is 1.43 bits per heavy atom. The lowest BCUT2D eigenvalue weighted by atomic mass is 9.74. The predicted octanol–water partition coefficient (Wildman–Crippen LogP) is 4.01. The molecule has 1 atom stereocenters. The van der Waals surface area contributed by atoms with Crippen LogP contribution in [0.5, 0.6) is 0 Å². The van der Waals surface area contributed by atoms with E-state index in [4.69, 9.17) is 0 Å². The summed E-state index contributed by atoms with van der Waals surface area (Å²) in [6, 6.07) is 4.20. The molecular formula is C13H21N. The topological polar surface area (TPSA) is 12.9 Å². The molecule has 0 radical (unpaired) electrons. The van der Waals surface area contributed by atoms with Gasteiger partial charge in [0.1, 0.15) is 0 Å². The second-order valence-corrected chi connectivity index (χ2v) is 4.75. The Labute approximate surface area is 87.6 Å². The van der Waals surface area contributed by atoms with E-state index in [2.05, 4.69) is 38.7 Å². The maximum absolute atomic E-state index is 4.18. The Kier molecular flexibility index (Phi) is 3.68. The summed E-state index contributed by atoms with van der Waals surface area (Å²) in [4.78, 5) is 4.18. The Morgan fingerprint density at radius 3 is 2.64 bits per heavy atom. The summed E-state index contributed by atoms with van der Waals surface area (Å²) >= 11 is 0. The third-order valence-corrected chi connectivity index (χ3v) is 3.25. The van der Waals surface area contributed by atoms with Crippen molar-refractivity contribution in [2.45, 2.75) is 46.5 Å². The van der Waals surface area contributed by atoms with E-state index in [1.807, 2.05) is 18.5 Å². The van der Waals surface area contributed by atoms with E-state index >= 15 is 0 Å². The predicted molar refractivity (Wildman–Crippen MR) is 61.3 cm³/mol. The maximum atomic E-state index is 4.18. The first-order valence-corrected chi connectivity index (χ1v) is 5.48. The van der Waals surface area contributed by atoms with Gasteiger partial charge >= 0.3 is 0 Å². The molecule has 1 aromatic heterocycles. The summed E-state index contributed by atoms with van der Waals surface area (Å²) in [6.07, 6.45) is 6.34. The third-order valence-electron chi connectivity index (χ3n) is 3.25. The van der Waals surface area contributed by atoms with Gasteiger partial charge < -0.3 is 0 Å². The second-order valence-electron chi connectivity index (χ2n) is 4.75. The van der Waals surface area contributed by atoms with Crippen molar-refractivity contribution in [2.75, 3.05) is 0 Å². The van der Waals surface area contributed by atoms with Gasteiger partial charge in [-0.2, -0.15) is 0 Å². The van der Waals surface area contributed by atoms with Crippen molar-refractivity contribution in [3.8, 4) is 0 Å². The van der Waals surface area contributed by atoms with E-state index < -0.39 is 0 Å². The smallest absolute Gasteiger partial charge is 0.0302 e. The molecule has 0 bridgehead atoms. The fourth-order valence-corrected chi connectivity index (χ4v) is 1.94. The fourth-order valence-electron chi connectivity index (χ4n) is 1.94. The first kappa shape index (κ1) is 11.2. The lowest BCUT2D eigenvalue weighted by Gasteiger charge is -2.31. The van der Waals surface area contributed by atoms with Crippen molar-refractivity contribution in [3.05, 3.63) is 30.1 Å². The number of hydrogen-bond donors (Lipinski definition) is 0. The molecule has 0 aliphatic heterocycles. The van der Waals surface area contributed by atoms with Crippen LogP contribution in [-0.4, -0.2) is 4.98 Å². The highest BCUT2D eigenvalue weighted by atomic mass is 14.6. The molecule has 14 heavy (non-hydrogen) atoms. The molecule has 1 heteroatoms. The molecule has 0 N–H and O–H groups in total. The number of nitrogens with zero attached hydrogens (tertiary/aromatic N) is 1. The zero-order valence-electron chi connectivity index (χ0n) is 9.75. The van der Waals surface area contributed by atoms with Crippen molar-refractivity contribution in [3.63, 3.8) is 0 Å². The lowest BCUT2D eigenvalue weighted by molar-refractivity contribution is 0.273. The van der Waals surface area contributed by atoms with Crippen LogP contribution in [0.2, 0.25) is 0 Å². The monoisotopic (exact) mass is 191 g/mol. The van der Waals surface area contributed by atoms with E-state index in [0.29, 0.717) is 11.3 Å². The van der Waals surface area contributed by atoms with Crippen molar-refractivity contribution in [1.82, 2.24) is 4.98 Å². The molecule has 1 heterocycles. The Hall–Kier alpha value is -0.850. The lowest BCUT2D eigenvalue weighted by Crippen LogP contribution is -2.19. The van der Waals surface area contributed by atoms with Gasteiger partial charge in [0, 0.05) is 12.4 Å². The molecule has 0 amide bonds. The van der Waals surface area contributed by atoms with Gasteiger partial charge in [0.25, 0.3) is 0 Å². The zero-order chi connectivity index (χ0) is 10.6. The van der Waals surface area contributed by atoms with Crippen LogP contribution in [0.15, 0.2) is 24.5 Å². The van der Waals surface area contributed by atoms with Crippen LogP contribution in [0.1, 0.15) is 52.0 Å². The largest absolute Gasteiger partial charge is 0.264 e. The van der Waals surface area contributed by atoms with E-state index in [1.165, 1.54) is 18.4 Å². The van der Waals surface area contributed by atoms with Gasteiger partial charge in [0.05, 0.1) is 0 Å². The normalized spacial score (nSPS) is 14.0. The van der Waals surface area contributed by atoms with Crippen LogP contribution in [-0.2, 0) is 0 Å². The molecule has 0 saturated carbocycles. The summed E-state index contributed by atoms with van der Waals surface area (Å²) in [5.74, 6) is 0.580. The number of hydrogen-bond acceptors (Lipinski definition) is 1. The molecule has 78 valence electrons. The highest BCUT2D eigenvalue weighted by Gasteiger charge is 2.25. The van der Waals surface area contributed by atoms with Crippen LogP contribution in [0.25, 0.3) is 0 Å². The van der Waals surface area contributed by atoms with Crippen molar-refractivity contribution in [1.29, 1.82) is 0 Å². The molecule has 1 nitrogen and oxygen atoms in total. The molecular weight excluding hydrogens is 170 g/mol. The quantitative estimate of drug-likeness (QED) is 0.700. The van der Waals surface area contributed by atoms with Gasteiger partial charge in [-0.15, -0.1) is 0 Å². The number of aromatic nitrogens is 1. The minimum atomic E-state index is 0.373. The molecule has 0 spiro atoms. The number of rotatable bonds is 4. The molecule has 0 aliphatic carbocycles. The molecule has 0 fully saturated rings. The second kappa shape index (κ2) is 4.59. The minimum Gasteiger partial charge on any atom is -0.264 e. The van der Waals surface area contributed by atoms with Crippen LogP contribution in [0.4, 0.5) is 0 Å². The SMILES string of the molecule is CCCC(C)(C)C(C)c1cccnc1. The Balaban J connectivity index is 2.79. The van der Waals surface area contributed by atoms with Crippen LogP contribution in [0.3, 0.4) is 0 Å². The summed E-state index contributed by atoms with van der Waals surface area (Å²) in [7, 11) is 0. The van der Waals surface area contributed by atoms with Gasteiger partial charge in [-0.05, 0) is 29.4 Å². The third kappa shape index (κ3) is 2.57. The first-order valence-electron chi connectivity index (χ1n) is 5.48. The van der Waals surface area contributed by atoms with E-state index in [1.54, 1.807) is 0 Å². The van der Waals surface area contributed by atoms with E-state index in [9.17, 15) is 0 Å². The van der Waals surface area contributed by atoms with Crippen molar-refractivity contribution in [2.24, 2.45) is 5.41 Å². The Bertz CT molecular complexity index is 264.